The van der Waals surface area contributed by atoms with E-state index >= 15 is 0 Å². The molecule has 162 valence electrons. The number of carbonyl (C=O) groups excluding carboxylic acids is 2. The minimum Gasteiger partial charge on any atom is -0.380 e. The molecule has 9 heteroatoms. The standard InChI is InChI=1S/C22H22ClFN4O3/c1-31-16-6-7-28(12-16)22(30)18(8-13-2-4-15(24)5-3-13)27-21(29)17-9-14-10-20(23)25-11-19(14)26-17/h2-5,9-11,16,18,26H,6-8,12H2,1H3,(H,27,29)/t16-,18+/m1/s1. The van der Waals surface area contributed by atoms with Crippen molar-refractivity contribution in [3.8, 4) is 0 Å². The first-order valence-electron chi connectivity index (χ1n) is 9.94. The first kappa shape index (κ1) is 21.3. The van der Waals surface area contributed by atoms with Gasteiger partial charge in [0.25, 0.3) is 5.91 Å². The molecule has 0 radical (unpaired) electrons. The van der Waals surface area contributed by atoms with Crippen LogP contribution in [0.5, 0.6) is 0 Å². The molecule has 1 aliphatic heterocycles. The number of halogens is 2. The van der Waals surface area contributed by atoms with E-state index < -0.39 is 11.9 Å². The van der Waals surface area contributed by atoms with Gasteiger partial charge in [-0.1, -0.05) is 23.7 Å². The molecule has 1 fully saturated rings. The van der Waals surface area contributed by atoms with E-state index in [-0.39, 0.29) is 24.2 Å². The van der Waals surface area contributed by atoms with Gasteiger partial charge in [-0.25, -0.2) is 9.37 Å². The highest BCUT2D eigenvalue weighted by atomic mass is 35.5. The molecule has 1 aromatic carbocycles. The van der Waals surface area contributed by atoms with Crippen molar-refractivity contribution < 1.29 is 18.7 Å². The predicted molar refractivity (Wildman–Crippen MR) is 114 cm³/mol. The summed E-state index contributed by atoms with van der Waals surface area (Å²) < 4.78 is 18.6. The van der Waals surface area contributed by atoms with Crippen molar-refractivity contribution in [1.29, 1.82) is 0 Å². The molecule has 2 amide bonds. The molecule has 0 unspecified atom stereocenters. The predicted octanol–water partition coefficient (Wildman–Crippen LogP) is 2.94. The molecule has 2 atom stereocenters. The van der Waals surface area contributed by atoms with Crippen LogP contribution in [0, 0.1) is 5.82 Å². The summed E-state index contributed by atoms with van der Waals surface area (Å²) in [5.41, 5.74) is 1.71. The molecule has 2 N–H and O–H groups in total. The van der Waals surface area contributed by atoms with Crippen molar-refractivity contribution in [2.45, 2.75) is 25.0 Å². The molecular weight excluding hydrogens is 423 g/mol. The number of benzene rings is 1. The zero-order chi connectivity index (χ0) is 22.0. The van der Waals surface area contributed by atoms with Crippen molar-refractivity contribution in [2.75, 3.05) is 20.2 Å². The molecule has 3 aromatic rings. The van der Waals surface area contributed by atoms with Crippen LogP contribution < -0.4 is 5.32 Å². The SMILES string of the molecule is CO[C@@H]1CCN(C(=O)[C@H](Cc2ccc(F)cc2)NC(=O)c2cc3cc(Cl)ncc3[nH]2)C1. The number of hydrogen-bond acceptors (Lipinski definition) is 4. The lowest BCUT2D eigenvalue weighted by molar-refractivity contribution is -0.132. The minimum atomic E-state index is -0.804. The summed E-state index contributed by atoms with van der Waals surface area (Å²) in [6.07, 6.45) is 2.52. The van der Waals surface area contributed by atoms with E-state index in [9.17, 15) is 14.0 Å². The largest absolute Gasteiger partial charge is 0.380 e. The van der Waals surface area contributed by atoms with Gasteiger partial charge in [0.05, 0.1) is 17.8 Å². The molecule has 2 aromatic heterocycles. The second-order valence-corrected chi connectivity index (χ2v) is 7.95. The van der Waals surface area contributed by atoms with E-state index in [1.165, 1.54) is 12.1 Å². The summed E-state index contributed by atoms with van der Waals surface area (Å²) in [6.45, 7) is 1.03. The number of ether oxygens (including phenoxy) is 1. The molecule has 4 rings (SSSR count). The quantitative estimate of drug-likeness (QED) is 0.572. The third-order valence-electron chi connectivity index (χ3n) is 5.46. The zero-order valence-electron chi connectivity index (χ0n) is 16.9. The molecule has 1 aliphatic rings. The van der Waals surface area contributed by atoms with Crippen LogP contribution in [0.4, 0.5) is 4.39 Å². The second-order valence-electron chi connectivity index (χ2n) is 7.56. The van der Waals surface area contributed by atoms with Crippen LogP contribution in [-0.2, 0) is 16.0 Å². The molecule has 0 spiro atoms. The van der Waals surface area contributed by atoms with E-state index in [0.29, 0.717) is 29.5 Å². The first-order valence-corrected chi connectivity index (χ1v) is 10.3. The van der Waals surface area contributed by atoms with Gasteiger partial charge in [-0.15, -0.1) is 0 Å². The Kier molecular flexibility index (Phi) is 6.20. The maximum atomic E-state index is 13.3. The summed E-state index contributed by atoms with van der Waals surface area (Å²) in [4.78, 5) is 34.8. The number of rotatable bonds is 6. The van der Waals surface area contributed by atoms with Crippen LogP contribution in [0.25, 0.3) is 10.9 Å². The highest BCUT2D eigenvalue weighted by molar-refractivity contribution is 6.30. The van der Waals surface area contributed by atoms with Crippen LogP contribution >= 0.6 is 11.6 Å². The van der Waals surface area contributed by atoms with E-state index in [1.54, 1.807) is 42.5 Å². The zero-order valence-corrected chi connectivity index (χ0v) is 17.7. The van der Waals surface area contributed by atoms with Crippen LogP contribution in [-0.4, -0.2) is 59.0 Å². The Hall–Kier alpha value is -2.97. The number of nitrogens with zero attached hydrogens (tertiary/aromatic N) is 2. The maximum Gasteiger partial charge on any atom is 0.268 e. The Balaban J connectivity index is 1.55. The van der Waals surface area contributed by atoms with E-state index in [0.717, 1.165) is 17.4 Å². The Morgan fingerprint density at radius 2 is 2.13 bits per heavy atom. The summed E-state index contributed by atoms with van der Waals surface area (Å²) in [6, 6.07) is 8.41. The number of pyridine rings is 1. The fraction of sp³-hybridized carbons (Fsp3) is 0.318. The number of carbonyl (C=O) groups is 2. The van der Waals surface area contributed by atoms with Crippen molar-refractivity contribution in [3.05, 3.63) is 64.8 Å². The molecule has 31 heavy (non-hydrogen) atoms. The number of H-pyrrole nitrogens is 1. The molecule has 0 bridgehead atoms. The number of aromatic nitrogens is 2. The summed E-state index contributed by atoms with van der Waals surface area (Å²) >= 11 is 5.92. The van der Waals surface area contributed by atoms with Gasteiger partial charge in [0.2, 0.25) is 5.91 Å². The van der Waals surface area contributed by atoms with E-state index in [4.69, 9.17) is 16.3 Å². The first-order chi connectivity index (χ1) is 14.9. The third-order valence-corrected chi connectivity index (χ3v) is 5.67. The van der Waals surface area contributed by atoms with Gasteiger partial charge in [-0.3, -0.25) is 9.59 Å². The number of nitrogens with one attached hydrogen (secondary N) is 2. The average molecular weight is 445 g/mol. The Bertz CT molecular complexity index is 1100. The number of aromatic amines is 1. The Morgan fingerprint density at radius 3 is 2.84 bits per heavy atom. The number of fused-ring (bicyclic) bond motifs is 1. The summed E-state index contributed by atoms with van der Waals surface area (Å²) in [5.74, 6) is -0.975. The highest BCUT2D eigenvalue weighted by Crippen LogP contribution is 2.19. The van der Waals surface area contributed by atoms with Gasteiger partial charge in [0, 0.05) is 32.0 Å². The molecule has 3 heterocycles. The molecule has 0 aliphatic carbocycles. The van der Waals surface area contributed by atoms with Gasteiger partial charge in [-0.05, 0) is 36.2 Å². The summed E-state index contributed by atoms with van der Waals surface area (Å²) in [5, 5.41) is 3.90. The number of methoxy groups -OCH3 is 1. The smallest absolute Gasteiger partial charge is 0.268 e. The molecular formula is C22H22ClFN4O3. The number of amides is 2. The lowest BCUT2D eigenvalue weighted by Crippen LogP contribution is -2.49. The second kappa shape index (κ2) is 9.03. The van der Waals surface area contributed by atoms with Crippen molar-refractivity contribution in [3.63, 3.8) is 0 Å². The van der Waals surface area contributed by atoms with Gasteiger partial charge < -0.3 is 19.9 Å². The van der Waals surface area contributed by atoms with Gasteiger partial charge in [-0.2, -0.15) is 0 Å². The molecule has 0 saturated carbocycles. The Morgan fingerprint density at radius 1 is 1.35 bits per heavy atom. The lowest BCUT2D eigenvalue weighted by Gasteiger charge is -2.24. The molecule has 7 nitrogen and oxygen atoms in total. The van der Waals surface area contributed by atoms with Crippen LogP contribution in [0.3, 0.4) is 0 Å². The molecule has 1 saturated heterocycles. The normalized spacial score (nSPS) is 17.1. The van der Waals surface area contributed by atoms with E-state index in [1.807, 2.05) is 0 Å². The van der Waals surface area contributed by atoms with Crippen molar-refractivity contribution in [2.24, 2.45) is 0 Å². The van der Waals surface area contributed by atoms with Crippen LogP contribution in [0.1, 0.15) is 22.5 Å². The van der Waals surface area contributed by atoms with E-state index in [2.05, 4.69) is 15.3 Å². The summed E-state index contributed by atoms with van der Waals surface area (Å²) in [7, 11) is 1.62. The minimum absolute atomic E-state index is 0.0166. The number of hydrogen-bond donors (Lipinski definition) is 2. The fourth-order valence-corrected chi connectivity index (χ4v) is 3.93. The maximum absolute atomic E-state index is 13.3. The monoisotopic (exact) mass is 444 g/mol. The topological polar surface area (TPSA) is 87.3 Å². The van der Waals surface area contributed by atoms with Crippen LogP contribution in [0.15, 0.2) is 42.6 Å². The van der Waals surface area contributed by atoms with Gasteiger partial charge in [0.15, 0.2) is 0 Å². The third kappa shape index (κ3) is 4.86. The highest BCUT2D eigenvalue weighted by Gasteiger charge is 2.32. The van der Waals surface area contributed by atoms with Crippen molar-refractivity contribution >= 4 is 34.3 Å². The van der Waals surface area contributed by atoms with Crippen molar-refractivity contribution in [1.82, 2.24) is 20.2 Å². The average Bonchev–Trinajstić information content (AvgIpc) is 3.41. The fourth-order valence-electron chi connectivity index (χ4n) is 3.76. The van der Waals surface area contributed by atoms with Crippen LogP contribution in [0.2, 0.25) is 5.15 Å². The van der Waals surface area contributed by atoms with Gasteiger partial charge >= 0.3 is 0 Å². The lowest BCUT2D eigenvalue weighted by atomic mass is 10.0. The number of likely N-dealkylation sites (tertiary alicyclic amines) is 1. The Labute approximate surface area is 183 Å². The van der Waals surface area contributed by atoms with Gasteiger partial charge in [0.1, 0.15) is 22.7 Å².